The van der Waals surface area contributed by atoms with Crippen LogP contribution < -0.4 is 0 Å². The summed E-state index contributed by atoms with van der Waals surface area (Å²) >= 11 is 1.76. The molecule has 1 unspecified atom stereocenters. The number of thioether (sulfide) groups is 1. The minimum atomic E-state index is -0.689. The minimum Gasteiger partial charge on any atom is -0.481 e. The molecule has 12 heavy (non-hydrogen) atoms. The van der Waals surface area contributed by atoms with Crippen LogP contribution in [0.25, 0.3) is 0 Å². The molecule has 0 heterocycles. The van der Waals surface area contributed by atoms with Crippen molar-refractivity contribution in [3.05, 3.63) is 0 Å². The molecular weight excluding hydrogens is 172 g/mol. The summed E-state index contributed by atoms with van der Waals surface area (Å²) in [5.41, 5.74) is 0. The Morgan fingerprint density at radius 3 is 2.67 bits per heavy atom. The van der Waals surface area contributed by atoms with Crippen LogP contribution >= 0.6 is 11.8 Å². The highest BCUT2D eigenvalue weighted by molar-refractivity contribution is 7.99. The van der Waals surface area contributed by atoms with Crippen molar-refractivity contribution in [2.24, 2.45) is 0 Å². The van der Waals surface area contributed by atoms with Crippen molar-refractivity contribution in [2.75, 3.05) is 5.75 Å². The first-order valence-corrected chi connectivity index (χ1v) is 5.55. The molecule has 0 aliphatic rings. The van der Waals surface area contributed by atoms with Gasteiger partial charge in [-0.05, 0) is 12.2 Å². The summed E-state index contributed by atoms with van der Waals surface area (Å²) in [6.45, 7) is 4.15. The van der Waals surface area contributed by atoms with E-state index < -0.39 is 5.97 Å². The van der Waals surface area contributed by atoms with Crippen LogP contribution in [0, 0.1) is 0 Å². The molecule has 0 rings (SSSR count). The number of rotatable bonds is 7. The van der Waals surface area contributed by atoms with E-state index in [9.17, 15) is 4.79 Å². The molecule has 0 aromatic rings. The average Bonchev–Trinajstić information content (AvgIpc) is 1.97. The second kappa shape index (κ2) is 7.47. The smallest absolute Gasteiger partial charge is 0.304 e. The third-order valence-corrected chi connectivity index (χ3v) is 2.87. The average molecular weight is 190 g/mol. The highest BCUT2D eigenvalue weighted by atomic mass is 32.2. The molecule has 0 radical (unpaired) electrons. The van der Waals surface area contributed by atoms with Gasteiger partial charge in [-0.15, -0.1) is 0 Å². The molecule has 0 saturated carbocycles. The van der Waals surface area contributed by atoms with Crippen LogP contribution in [-0.2, 0) is 4.79 Å². The minimum absolute atomic E-state index is 0.263. The Labute approximate surface area is 78.7 Å². The Balaban J connectivity index is 3.19. The lowest BCUT2D eigenvalue weighted by molar-refractivity contribution is -0.136. The predicted octanol–water partition coefficient (Wildman–Crippen LogP) is 2.77. The zero-order chi connectivity index (χ0) is 9.40. The molecular formula is C9H18O2S. The van der Waals surface area contributed by atoms with Crippen LogP contribution in [0.1, 0.15) is 39.5 Å². The number of carboxylic acids is 1. The van der Waals surface area contributed by atoms with E-state index in [0.717, 1.165) is 5.75 Å². The molecule has 3 heteroatoms. The lowest BCUT2D eigenvalue weighted by Gasteiger charge is -2.07. The summed E-state index contributed by atoms with van der Waals surface area (Å²) < 4.78 is 0. The lowest BCUT2D eigenvalue weighted by atomic mass is 10.3. The van der Waals surface area contributed by atoms with Crippen molar-refractivity contribution in [3.8, 4) is 0 Å². The second-order valence-corrected chi connectivity index (χ2v) is 4.53. The second-order valence-electron chi connectivity index (χ2n) is 2.99. The maximum Gasteiger partial charge on any atom is 0.304 e. The summed E-state index contributed by atoms with van der Waals surface area (Å²) in [7, 11) is 0. The van der Waals surface area contributed by atoms with E-state index in [4.69, 9.17) is 5.11 Å². The van der Waals surface area contributed by atoms with Crippen molar-refractivity contribution in [1.82, 2.24) is 0 Å². The molecule has 1 atom stereocenters. The largest absolute Gasteiger partial charge is 0.481 e. The summed E-state index contributed by atoms with van der Waals surface area (Å²) in [6, 6.07) is 0. The van der Waals surface area contributed by atoms with Gasteiger partial charge in [0.1, 0.15) is 0 Å². The van der Waals surface area contributed by atoms with Gasteiger partial charge in [-0.25, -0.2) is 0 Å². The highest BCUT2D eigenvalue weighted by Crippen LogP contribution is 2.15. The quantitative estimate of drug-likeness (QED) is 0.627. The highest BCUT2D eigenvalue weighted by Gasteiger charge is 2.06. The van der Waals surface area contributed by atoms with Gasteiger partial charge in [0.15, 0.2) is 0 Å². The van der Waals surface area contributed by atoms with Gasteiger partial charge in [0, 0.05) is 5.25 Å². The lowest BCUT2D eigenvalue weighted by Crippen LogP contribution is -2.06. The van der Waals surface area contributed by atoms with Crippen LogP contribution in [-0.4, -0.2) is 22.1 Å². The summed E-state index contributed by atoms with van der Waals surface area (Å²) in [6.07, 6.45) is 3.99. The summed E-state index contributed by atoms with van der Waals surface area (Å²) in [5, 5.41) is 8.74. The third kappa shape index (κ3) is 7.92. The number of hydrogen-bond donors (Lipinski definition) is 1. The van der Waals surface area contributed by atoms with Crippen molar-refractivity contribution in [2.45, 2.75) is 44.8 Å². The molecule has 0 spiro atoms. The first-order valence-electron chi connectivity index (χ1n) is 4.50. The van der Waals surface area contributed by atoms with Crippen molar-refractivity contribution in [3.63, 3.8) is 0 Å². The van der Waals surface area contributed by atoms with Crippen LogP contribution in [0.5, 0.6) is 0 Å². The van der Waals surface area contributed by atoms with Gasteiger partial charge in [0.25, 0.3) is 0 Å². The van der Waals surface area contributed by atoms with Gasteiger partial charge in [-0.3, -0.25) is 4.79 Å². The third-order valence-electron chi connectivity index (χ3n) is 1.61. The number of unbranched alkanes of at least 4 members (excludes halogenated alkanes) is 2. The fraction of sp³-hybridized carbons (Fsp3) is 0.889. The number of carbonyl (C=O) groups is 1. The molecule has 0 aromatic heterocycles. The zero-order valence-corrected chi connectivity index (χ0v) is 8.69. The van der Waals surface area contributed by atoms with Crippen molar-refractivity contribution < 1.29 is 9.90 Å². The van der Waals surface area contributed by atoms with Crippen LogP contribution in [0.3, 0.4) is 0 Å². The molecule has 0 bridgehead atoms. The molecule has 0 fully saturated rings. The van der Waals surface area contributed by atoms with Crippen molar-refractivity contribution >= 4 is 17.7 Å². The van der Waals surface area contributed by atoms with Gasteiger partial charge < -0.3 is 5.11 Å². The molecule has 0 saturated heterocycles. The van der Waals surface area contributed by atoms with E-state index in [0.29, 0.717) is 0 Å². The van der Waals surface area contributed by atoms with Gasteiger partial charge in [-0.1, -0.05) is 26.7 Å². The normalized spacial score (nSPS) is 12.8. The van der Waals surface area contributed by atoms with E-state index in [1.165, 1.54) is 19.3 Å². The monoisotopic (exact) mass is 190 g/mol. The Kier molecular flexibility index (Phi) is 7.36. The van der Waals surface area contributed by atoms with Gasteiger partial charge in [-0.2, -0.15) is 11.8 Å². The Morgan fingerprint density at radius 1 is 1.50 bits per heavy atom. The van der Waals surface area contributed by atoms with Crippen LogP contribution in [0.15, 0.2) is 0 Å². The zero-order valence-electron chi connectivity index (χ0n) is 7.88. The first-order chi connectivity index (χ1) is 5.66. The molecule has 0 aromatic carbocycles. The number of aliphatic carboxylic acids is 1. The molecule has 72 valence electrons. The Morgan fingerprint density at radius 2 is 2.17 bits per heavy atom. The molecule has 0 aliphatic carbocycles. The van der Waals surface area contributed by atoms with E-state index >= 15 is 0 Å². The van der Waals surface area contributed by atoms with E-state index in [2.05, 4.69) is 6.92 Å². The summed E-state index contributed by atoms with van der Waals surface area (Å²) in [5.74, 6) is 0.410. The topological polar surface area (TPSA) is 37.3 Å². The van der Waals surface area contributed by atoms with E-state index in [1.807, 2.05) is 6.92 Å². The van der Waals surface area contributed by atoms with Crippen LogP contribution in [0.4, 0.5) is 0 Å². The van der Waals surface area contributed by atoms with Crippen molar-refractivity contribution in [1.29, 1.82) is 0 Å². The maximum absolute atomic E-state index is 10.3. The fourth-order valence-corrected chi connectivity index (χ4v) is 1.98. The maximum atomic E-state index is 10.3. The molecule has 0 amide bonds. The van der Waals surface area contributed by atoms with Gasteiger partial charge >= 0.3 is 5.97 Å². The molecule has 1 N–H and O–H groups in total. The standard InChI is InChI=1S/C9H18O2S/c1-3-4-5-6-12-8(2)7-9(10)11/h8H,3-7H2,1-2H3,(H,10,11). The Bertz CT molecular complexity index is 126. The predicted molar refractivity (Wildman–Crippen MR) is 53.7 cm³/mol. The molecule has 0 aliphatic heterocycles. The SMILES string of the molecule is CCCCCSC(C)CC(=O)O. The Hall–Kier alpha value is -0.180. The van der Waals surface area contributed by atoms with E-state index in [1.54, 1.807) is 11.8 Å². The number of hydrogen-bond acceptors (Lipinski definition) is 2. The van der Waals surface area contributed by atoms with Gasteiger partial charge in [0.2, 0.25) is 0 Å². The van der Waals surface area contributed by atoms with Gasteiger partial charge in [0.05, 0.1) is 6.42 Å². The first kappa shape index (κ1) is 11.8. The van der Waals surface area contributed by atoms with Crippen LogP contribution in [0.2, 0.25) is 0 Å². The number of carboxylic acid groups (broad SMARTS) is 1. The molecule has 2 nitrogen and oxygen atoms in total. The van der Waals surface area contributed by atoms with E-state index in [-0.39, 0.29) is 11.7 Å². The summed E-state index contributed by atoms with van der Waals surface area (Å²) in [4.78, 5) is 10.3. The fourth-order valence-electron chi connectivity index (χ4n) is 0.941.